The summed E-state index contributed by atoms with van der Waals surface area (Å²) in [7, 11) is -4.64. The molecule has 0 bridgehead atoms. The predicted octanol–water partition coefficient (Wildman–Crippen LogP) is 3.60. The number of nitrogens with one attached hydrogen (secondary N) is 1. The molecule has 0 aliphatic carbocycles. The largest absolute Gasteiger partial charge is 0.466 e. The molecule has 1 aromatic heterocycles. The summed E-state index contributed by atoms with van der Waals surface area (Å²) in [6.45, 7) is 8.83. The summed E-state index contributed by atoms with van der Waals surface area (Å²) in [5.41, 5.74) is 2.23. The van der Waals surface area contributed by atoms with Gasteiger partial charge in [-0.2, -0.15) is 0 Å². The minimum atomic E-state index is -4.64. The van der Waals surface area contributed by atoms with Crippen LogP contribution < -0.4 is 5.32 Å². The maximum absolute atomic E-state index is 8.88. The normalized spacial score (nSPS) is 11.5. The molecule has 0 aliphatic rings. The Balaban J connectivity index is 0.000000500. The van der Waals surface area contributed by atoms with Gasteiger partial charge >= 0.3 is 7.82 Å². The van der Waals surface area contributed by atoms with Crippen molar-refractivity contribution in [3.8, 4) is 0 Å². The van der Waals surface area contributed by atoms with Gasteiger partial charge in [-0.15, -0.1) is 0 Å². The lowest BCUT2D eigenvalue weighted by Gasteiger charge is -2.18. The topological polar surface area (TPSA) is 106 Å². The first-order valence-electron chi connectivity index (χ1n) is 9.33. The van der Waals surface area contributed by atoms with Crippen molar-refractivity contribution in [2.24, 2.45) is 0 Å². The molecule has 0 saturated heterocycles. The van der Waals surface area contributed by atoms with Crippen LogP contribution in [0.2, 0.25) is 0 Å². The molecule has 3 aromatic rings. The summed E-state index contributed by atoms with van der Waals surface area (Å²) in [5, 5.41) is 7.30. The van der Waals surface area contributed by atoms with E-state index in [0.29, 0.717) is 0 Å². The highest BCUT2D eigenvalue weighted by Crippen LogP contribution is 2.27. The van der Waals surface area contributed by atoms with Gasteiger partial charge in [0.25, 0.3) is 0 Å². The van der Waals surface area contributed by atoms with Crippen LogP contribution in [0.1, 0.15) is 20.3 Å². The number of rotatable bonds is 7. The van der Waals surface area contributed by atoms with Crippen molar-refractivity contribution in [2.75, 3.05) is 31.5 Å². The molecular weight excluding hydrogens is 377 g/mol. The summed E-state index contributed by atoms with van der Waals surface area (Å²) in [6, 6.07) is 14.9. The number of fused-ring (bicyclic) bond motifs is 2. The lowest BCUT2D eigenvalue weighted by Crippen LogP contribution is -2.25. The van der Waals surface area contributed by atoms with Crippen LogP contribution in [0.3, 0.4) is 0 Å². The summed E-state index contributed by atoms with van der Waals surface area (Å²) >= 11 is 0. The fourth-order valence-electron chi connectivity index (χ4n) is 3.05. The van der Waals surface area contributed by atoms with Gasteiger partial charge in [-0.05, 0) is 55.0 Å². The number of benzene rings is 2. The third-order valence-corrected chi connectivity index (χ3v) is 4.47. The van der Waals surface area contributed by atoms with Crippen LogP contribution in [0.5, 0.6) is 0 Å². The molecule has 8 heteroatoms. The van der Waals surface area contributed by atoms with Crippen molar-refractivity contribution >= 4 is 35.2 Å². The lowest BCUT2D eigenvalue weighted by molar-refractivity contribution is 0.275. The Morgan fingerprint density at radius 2 is 1.64 bits per heavy atom. The van der Waals surface area contributed by atoms with Crippen molar-refractivity contribution < 1.29 is 19.2 Å². The van der Waals surface area contributed by atoms with Crippen LogP contribution in [0.25, 0.3) is 21.7 Å². The second kappa shape index (κ2) is 10.5. The molecule has 4 N–H and O–H groups in total. The molecule has 1 heterocycles. The average molecular weight is 405 g/mol. The van der Waals surface area contributed by atoms with Crippen molar-refractivity contribution in [3.63, 3.8) is 0 Å². The minimum Gasteiger partial charge on any atom is -0.384 e. The zero-order valence-electron chi connectivity index (χ0n) is 16.2. The van der Waals surface area contributed by atoms with E-state index in [1.54, 1.807) is 0 Å². The molecule has 0 saturated carbocycles. The Hall–Kier alpha value is -2.02. The van der Waals surface area contributed by atoms with Gasteiger partial charge in [-0.3, -0.25) is 4.98 Å². The van der Waals surface area contributed by atoms with Crippen LogP contribution >= 0.6 is 7.82 Å². The van der Waals surface area contributed by atoms with E-state index in [0.717, 1.165) is 38.1 Å². The van der Waals surface area contributed by atoms with E-state index in [1.165, 1.54) is 21.8 Å². The number of aromatic nitrogens is 1. The Bertz CT molecular complexity index is 933. The molecule has 0 spiro atoms. The molecule has 2 aromatic carbocycles. The maximum Gasteiger partial charge on any atom is 0.466 e. The molecule has 152 valence electrons. The highest BCUT2D eigenvalue weighted by atomic mass is 31.2. The molecule has 0 amide bonds. The van der Waals surface area contributed by atoms with Crippen LogP contribution in [0.4, 0.5) is 5.69 Å². The summed E-state index contributed by atoms with van der Waals surface area (Å²) < 4.78 is 8.88. The molecule has 28 heavy (non-hydrogen) atoms. The molecule has 0 aliphatic heterocycles. The van der Waals surface area contributed by atoms with E-state index in [2.05, 4.69) is 71.5 Å². The zero-order chi connectivity index (χ0) is 20.6. The van der Waals surface area contributed by atoms with Crippen molar-refractivity contribution in [2.45, 2.75) is 20.3 Å². The standard InChI is InChI=1S/C20H25N3.H3O4P/c1-3-23(4-2)13-7-11-21-19-10-12-22-20-15-17-9-6-5-8-16(17)14-18(19)20;1-5(2,3)4/h5-6,8-10,12,14-15H,3-4,7,11,13H2,1-2H3,(H,21,22);(H3,1,2,3,4). The fourth-order valence-corrected chi connectivity index (χ4v) is 3.05. The van der Waals surface area contributed by atoms with Crippen molar-refractivity contribution in [1.29, 1.82) is 0 Å². The molecule has 0 fully saturated rings. The van der Waals surface area contributed by atoms with Gasteiger partial charge < -0.3 is 24.9 Å². The summed E-state index contributed by atoms with van der Waals surface area (Å²) in [4.78, 5) is 28.5. The molecule has 0 unspecified atom stereocenters. The molecular formula is C20H28N3O4P. The van der Waals surface area contributed by atoms with E-state index >= 15 is 0 Å². The van der Waals surface area contributed by atoms with Crippen LogP contribution in [-0.4, -0.2) is 50.7 Å². The molecule has 0 radical (unpaired) electrons. The van der Waals surface area contributed by atoms with Gasteiger partial charge in [0.15, 0.2) is 0 Å². The number of anilines is 1. The SMILES string of the molecule is CCN(CC)CCCNc1ccnc2cc3ccccc3cc12.O=P(O)(O)O. The number of hydrogen-bond donors (Lipinski definition) is 4. The highest BCUT2D eigenvalue weighted by Gasteiger charge is 2.04. The van der Waals surface area contributed by atoms with Crippen molar-refractivity contribution in [3.05, 3.63) is 48.7 Å². The van der Waals surface area contributed by atoms with Crippen LogP contribution in [0.15, 0.2) is 48.7 Å². The minimum absolute atomic E-state index is 0.989. The van der Waals surface area contributed by atoms with E-state index < -0.39 is 7.82 Å². The van der Waals surface area contributed by atoms with Crippen LogP contribution in [0, 0.1) is 0 Å². The van der Waals surface area contributed by atoms with Gasteiger partial charge in [0.05, 0.1) is 5.52 Å². The number of hydrogen-bond acceptors (Lipinski definition) is 4. The zero-order valence-corrected chi connectivity index (χ0v) is 17.1. The second-order valence-corrected chi connectivity index (χ2v) is 7.42. The Morgan fingerprint density at radius 1 is 1.04 bits per heavy atom. The maximum atomic E-state index is 8.88. The third-order valence-electron chi connectivity index (χ3n) is 4.47. The van der Waals surface area contributed by atoms with E-state index in [4.69, 9.17) is 19.2 Å². The Morgan fingerprint density at radius 3 is 2.25 bits per heavy atom. The van der Waals surface area contributed by atoms with E-state index in [-0.39, 0.29) is 0 Å². The quantitative estimate of drug-likeness (QED) is 0.270. The average Bonchev–Trinajstić information content (AvgIpc) is 2.65. The predicted molar refractivity (Wildman–Crippen MR) is 114 cm³/mol. The lowest BCUT2D eigenvalue weighted by atomic mass is 10.1. The highest BCUT2D eigenvalue weighted by molar-refractivity contribution is 7.45. The number of pyridine rings is 1. The monoisotopic (exact) mass is 405 g/mol. The molecule has 0 atom stereocenters. The van der Waals surface area contributed by atoms with E-state index in [9.17, 15) is 0 Å². The summed E-state index contributed by atoms with van der Waals surface area (Å²) in [5.74, 6) is 0. The van der Waals surface area contributed by atoms with Gasteiger partial charge in [0.2, 0.25) is 0 Å². The van der Waals surface area contributed by atoms with Gasteiger partial charge in [0, 0.05) is 23.8 Å². The first-order valence-corrected chi connectivity index (χ1v) is 10.9. The van der Waals surface area contributed by atoms with Crippen LogP contribution in [-0.2, 0) is 4.57 Å². The number of nitrogens with zero attached hydrogens (tertiary/aromatic N) is 2. The first-order chi connectivity index (χ1) is 13.3. The fraction of sp³-hybridized carbons (Fsp3) is 0.350. The number of phosphoric acid groups is 1. The van der Waals surface area contributed by atoms with Crippen molar-refractivity contribution in [1.82, 2.24) is 9.88 Å². The molecule has 7 nitrogen and oxygen atoms in total. The van der Waals surface area contributed by atoms with Gasteiger partial charge in [0.1, 0.15) is 0 Å². The summed E-state index contributed by atoms with van der Waals surface area (Å²) in [6.07, 6.45) is 3.04. The van der Waals surface area contributed by atoms with Gasteiger partial charge in [-0.1, -0.05) is 38.1 Å². The van der Waals surface area contributed by atoms with E-state index in [1.807, 2.05) is 6.20 Å². The third kappa shape index (κ3) is 7.19. The second-order valence-electron chi connectivity index (χ2n) is 6.40. The molecule has 3 rings (SSSR count). The Kier molecular flexibility index (Phi) is 8.35. The smallest absolute Gasteiger partial charge is 0.384 e. The first kappa shape index (κ1) is 22.3. The Labute approximate surface area is 165 Å². The van der Waals surface area contributed by atoms with Gasteiger partial charge in [-0.25, -0.2) is 4.57 Å².